The van der Waals surface area contributed by atoms with Crippen molar-refractivity contribution in [3.05, 3.63) is 0 Å². The van der Waals surface area contributed by atoms with E-state index in [9.17, 15) is 4.46 Å². The molecule has 3 nitrogen and oxygen atoms in total. The molecule has 0 aromatic heterocycles. The van der Waals surface area contributed by atoms with E-state index in [-0.39, 0.29) is 0 Å². The lowest BCUT2D eigenvalue weighted by atomic mass is 9.90. The maximum absolute atomic E-state index is 10.8. The molecule has 58 valence electrons. The van der Waals surface area contributed by atoms with Crippen LogP contribution >= 0.6 is 0 Å². The Labute approximate surface area is 62.2 Å². The maximum Gasteiger partial charge on any atom is 0.768 e. The quantitative estimate of drug-likeness (QED) is 0.496. The van der Waals surface area contributed by atoms with E-state index in [0.29, 0.717) is 0 Å². The van der Waals surface area contributed by atoms with E-state index in [1.54, 1.807) is 0 Å². The molecule has 0 saturated carbocycles. The summed E-state index contributed by atoms with van der Waals surface area (Å²) < 4.78 is 21.0. The molecule has 1 aliphatic heterocycles. The van der Waals surface area contributed by atoms with Crippen LogP contribution in [0.1, 0.15) is 27.7 Å². The average Bonchev–Trinajstić information content (AvgIpc) is 1.73. The van der Waals surface area contributed by atoms with Crippen LogP contribution in [-0.4, -0.2) is 20.4 Å². The van der Waals surface area contributed by atoms with Gasteiger partial charge in [0.1, 0.15) is 11.2 Å². The molecule has 4 heteroatoms. The first-order chi connectivity index (χ1) is 4.35. The maximum atomic E-state index is 10.8. The zero-order valence-electron chi connectivity index (χ0n) is 6.72. The van der Waals surface area contributed by atoms with Crippen molar-refractivity contribution >= 4 is 9.17 Å². The molecular formula is C6H12O3Si. The Bertz CT molecular complexity index is 156. The highest BCUT2D eigenvalue weighted by Crippen LogP contribution is 2.34. The molecule has 0 atom stereocenters. The normalized spacial score (nSPS) is 27.4. The van der Waals surface area contributed by atoms with Crippen LogP contribution < -0.4 is 0 Å². The minimum absolute atomic E-state index is 0.428. The van der Waals surface area contributed by atoms with Crippen LogP contribution in [0.4, 0.5) is 0 Å². The van der Waals surface area contributed by atoms with Gasteiger partial charge in [-0.15, -0.1) is 0 Å². The van der Waals surface area contributed by atoms with Crippen LogP contribution in [-0.2, 0) is 13.3 Å². The zero-order chi connectivity index (χ0) is 7.99. The monoisotopic (exact) mass is 160 g/mol. The first-order valence-corrected chi connectivity index (χ1v) is 4.50. The summed E-state index contributed by atoms with van der Waals surface area (Å²) in [4.78, 5) is 0. The van der Waals surface area contributed by atoms with Crippen molar-refractivity contribution in [3.63, 3.8) is 0 Å². The molecule has 0 aromatic rings. The lowest BCUT2D eigenvalue weighted by molar-refractivity contribution is 0.00578. The summed E-state index contributed by atoms with van der Waals surface area (Å²) in [5, 5.41) is 0. The number of hydrogen-bond acceptors (Lipinski definition) is 3. The zero-order valence-corrected chi connectivity index (χ0v) is 7.72. The van der Waals surface area contributed by atoms with E-state index >= 15 is 0 Å². The Balaban J connectivity index is 2.88. The van der Waals surface area contributed by atoms with Crippen molar-refractivity contribution in [1.29, 1.82) is 0 Å². The molecule has 0 radical (unpaired) electrons. The summed E-state index contributed by atoms with van der Waals surface area (Å²) in [7, 11) is -2.22. The lowest BCUT2D eigenvalue weighted by Crippen LogP contribution is -2.41. The molecule has 1 heterocycles. The van der Waals surface area contributed by atoms with Crippen molar-refractivity contribution in [2.45, 2.75) is 38.9 Å². The lowest BCUT2D eigenvalue weighted by Gasteiger charge is -2.30. The van der Waals surface area contributed by atoms with Gasteiger partial charge in [-0.3, -0.25) is 4.46 Å². The Hall–Kier alpha value is -0.383. The smallest absolute Gasteiger partial charge is 0.487 e. The first-order valence-electron chi connectivity index (χ1n) is 3.27. The molecule has 0 unspecified atom stereocenters. The third kappa shape index (κ3) is 0.962. The topological polar surface area (TPSA) is 35.5 Å². The summed E-state index contributed by atoms with van der Waals surface area (Å²) >= 11 is 0. The highest BCUT2D eigenvalue weighted by molar-refractivity contribution is 6.27. The molecule has 0 N–H and O–H groups in total. The van der Waals surface area contributed by atoms with E-state index in [1.807, 2.05) is 27.7 Å². The Morgan fingerprint density at radius 1 is 1.00 bits per heavy atom. The third-order valence-electron chi connectivity index (χ3n) is 2.13. The van der Waals surface area contributed by atoms with Crippen LogP contribution in [0.3, 0.4) is 0 Å². The fourth-order valence-electron chi connectivity index (χ4n) is 0.683. The van der Waals surface area contributed by atoms with E-state index in [0.717, 1.165) is 0 Å². The van der Waals surface area contributed by atoms with Crippen molar-refractivity contribution in [3.8, 4) is 0 Å². The molecule has 0 spiro atoms. The summed E-state index contributed by atoms with van der Waals surface area (Å²) in [5.41, 5.74) is -0.855. The fraction of sp³-hybridized carbons (Fsp3) is 1.00. The second kappa shape index (κ2) is 1.81. The van der Waals surface area contributed by atoms with Gasteiger partial charge in [-0.2, -0.15) is 0 Å². The van der Waals surface area contributed by atoms with E-state index < -0.39 is 20.4 Å². The Kier molecular flexibility index (Phi) is 1.40. The van der Waals surface area contributed by atoms with E-state index in [1.165, 1.54) is 0 Å². The van der Waals surface area contributed by atoms with Gasteiger partial charge in [0.2, 0.25) is 0 Å². The second-order valence-corrected chi connectivity index (χ2v) is 4.38. The number of hydrogen-bond donors (Lipinski definition) is 0. The van der Waals surface area contributed by atoms with Gasteiger partial charge in [-0.05, 0) is 27.7 Å². The Morgan fingerprint density at radius 3 is 1.40 bits per heavy atom. The molecule has 0 bridgehead atoms. The largest absolute Gasteiger partial charge is 0.768 e. The Morgan fingerprint density at radius 2 is 1.30 bits per heavy atom. The van der Waals surface area contributed by atoms with Crippen LogP contribution in [0.2, 0.25) is 0 Å². The van der Waals surface area contributed by atoms with Crippen molar-refractivity contribution in [1.82, 2.24) is 0 Å². The van der Waals surface area contributed by atoms with Crippen molar-refractivity contribution < 1.29 is 13.3 Å². The van der Waals surface area contributed by atoms with Gasteiger partial charge in [-0.1, -0.05) is 0 Å². The SMILES string of the molecule is CC1(C)O[Si](=O)OC1(C)C. The molecule has 1 aliphatic rings. The highest BCUT2D eigenvalue weighted by Gasteiger charge is 2.51. The fourth-order valence-corrected chi connectivity index (χ4v) is 2.05. The van der Waals surface area contributed by atoms with Crippen molar-refractivity contribution in [2.75, 3.05) is 0 Å². The average molecular weight is 160 g/mol. The van der Waals surface area contributed by atoms with Crippen molar-refractivity contribution in [2.24, 2.45) is 0 Å². The van der Waals surface area contributed by atoms with E-state index in [2.05, 4.69) is 0 Å². The van der Waals surface area contributed by atoms with Gasteiger partial charge in [0.05, 0.1) is 0 Å². The van der Waals surface area contributed by atoms with Gasteiger partial charge in [0.15, 0.2) is 0 Å². The molecular weight excluding hydrogens is 148 g/mol. The van der Waals surface area contributed by atoms with Crippen LogP contribution in [0.15, 0.2) is 0 Å². The minimum atomic E-state index is -2.22. The summed E-state index contributed by atoms with van der Waals surface area (Å²) in [6.45, 7) is 7.51. The second-order valence-electron chi connectivity index (χ2n) is 3.47. The van der Waals surface area contributed by atoms with E-state index in [4.69, 9.17) is 8.85 Å². The minimum Gasteiger partial charge on any atom is -0.487 e. The predicted molar refractivity (Wildman–Crippen MR) is 36.8 cm³/mol. The van der Waals surface area contributed by atoms with Gasteiger partial charge in [0.25, 0.3) is 0 Å². The van der Waals surface area contributed by atoms with Gasteiger partial charge < -0.3 is 8.85 Å². The summed E-state index contributed by atoms with van der Waals surface area (Å²) in [6, 6.07) is 0. The number of rotatable bonds is 0. The van der Waals surface area contributed by atoms with Gasteiger partial charge >= 0.3 is 9.17 Å². The third-order valence-corrected chi connectivity index (χ3v) is 3.48. The molecule has 1 fully saturated rings. The summed E-state index contributed by atoms with van der Waals surface area (Å²) in [6.07, 6.45) is 0. The molecule has 0 amide bonds. The first kappa shape index (κ1) is 7.72. The highest BCUT2D eigenvalue weighted by atomic mass is 28.3. The molecule has 10 heavy (non-hydrogen) atoms. The summed E-state index contributed by atoms with van der Waals surface area (Å²) in [5.74, 6) is 0. The van der Waals surface area contributed by atoms with Gasteiger partial charge in [-0.25, -0.2) is 0 Å². The predicted octanol–water partition coefficient (Wildman–Crippen LogP) is 1.01. The van der Waals surface area contributed by atoms with Crippen LogP contribution in [0, 0.1) is 0 Å². The van der Waals surface area contributed by atoms with Crippen LogP contribution in [0.25, 0.3) is 0 Å². The van der Waals surface area contributed by atoms with Gasteiger partial charge in [0, 0.05) is 0 Å². The molecule has 1 saturated heterocycles. The molecule has 0 aromatic carbocycles. The molecule has 1 rings (SSSR count). The molecule has 0 aliphatic carbocycles. The van der Waals surface area contributed by atoms with Crippen LogP contribution in [0.5, 0.6) is 0 Å². The standard InChI is InChI=1S/C6H12O3Si/c1-5(2)6(3,4)9-10(7)8-5/h1-4H3.